The zero-order chi connectivity index (χ0) is 12.3. The monoisotopic (exact) mass is 226 g/mol. The van der Waals surface area contributed by atoms with E-state index in [0.29, 0.717) is 17.9 Å². The first-order chi connectivity index (χ1) is 7.40. The van der Waals surface area contributed by atoms with Crippen molar-refractivity contribution in [2.45, 2.75) is 59.0 Å². The van der Waals surface area contributed by atoms with Crippen LogP contribution in [0.4, 0.5) is 0 Å². The van der Waals surface area contributed by atoms with Gasteiger partial charge in [0.1, 0.15) is 0 Å². The molecule has 1 saturated carbocycles. The fraction of sp³-hybridized carbons (Fsp3) is 0.923. The summed E-state index contributed by atoms with van der Waals surface area (Å²) in [5.74, 6) is 1.65. The molecule has 0 saturated heterocycles. The molecule has 0 aliphatic heterocycles. The summed E-state index contributed by atoms with van der Waals surface area (Å²) in [6, 6.07) is -0.0383. The van der Waals surface area contributed by atoms with Crippen molar-refractivity contribution in [1.82, 2.24) is 5.32 Å². The molecule has 1 fully saturated rings. The SMILES string of the molecule is CC1CC(C)CC(NC(=O)C(N)C(C)C)C1. The Hall–Kier alpha value is -0.570. The van der Waals surface area contributed by atoms with Crippen molar-refractivity contribution in [1.29, 1.82) is 0 Å². The Morgan fingerprint density at radius 3 is 2.12 bits per heavy atom. The van der Waals surface area contributed by atoms with Gasteiger partial charge in [0.25, 0.3) is 0 Å². The van der Waals surface area contributed by atoms with E-state index in [2.05, 4.69) is 19.2 Å². The van der Waals surface area contributed by atoms with Crippen molar-refractivity contribution in [3.8, 4) is 0 Å². The smallest absolute Gasteiger partial charge is 0.237 e. The second kappa shape index (κ2) is 5.67. The lowest BCUT2D eigenvalue weighted by atomic mass is 9.80. The molecule has 0 radical (unpaired) electrons. The highest BCUT2D eigenvalue weighted by Gasteiger charge is 2.27. The summed E-state index contributed by atoms with van der Waals surface area (Å²) in [6.07, 6.45) is 3.48. The number of hydrogen-bond donors (Lipinski definition) is 2. The Balaban J connectivity index is 2.44. The highest BCUT2D eigenvalue weighted by Crippen LogP contribution is 2.28. The van der Waals surface area contributed by atoms with Crippen molar-refractivity contribution in [3.63, 3.8) is 0 Å². The van der Waals surface area contributed by atoms with E-state index < -0.39 is 0 Å². The summed E-state index contributed by atoms with van der Waals surface area (Å²) in [5, 5.41) is 3.10. The molecule has 1 aliphatic rings. The van der Waals surface area contributed by atoms with Crippen LogP contribution < -0.4 is 11.1 Å². The Kier molecular flexibility index (Phi) is 4.78. The van der Waals surface area contributed by atoms with Gasteiger partial charge in [-0.25, -0.2) is 0 Å². The van der Waals surface area contributed by atoms with Gasteiger partial charge in [-0.15, -0.1) is 0 Å². The van der Waals surface area contributed by atoms with Crippen LogP contribution in [0.15, 0.2) is 0 Å². The number of nitrogens with one attached hydrogen (secondary N) is 1. The highest BCUT2D eigenvalue weighted by atomic mass is 16.2. The van der Waals surface area contributed by atoms with Crippen LogP contribution in [0.25, 0.3) is 0 Å². The second-order valence-electron chi connectivity index (χ2n) is 5.89. The van der Waals surface area contributed by atoms with Crippen LogP contribution in [-0.4, -0.2) is 18.0 Å². The number of carbonyl (C=O) groups is 1. The van der Waals surface area contributed by atoms with Crippen LogP contribution in [0.1, 0.15) is 47.0 Å². The predicted molar refractivity (Wildman–Crippen MR) is 66.9 cm³/mol. The Morgan fingerprint density at radius 2 is 1.69 bits per heavy atom. The van der Waals surface area contributed by atoms with E-state index in [9.17, 15) is 4.79 Å². The lowest BCUT2D eigenvalue weighted by Gasteiger charge is -2.32. The average molecular weight is 226 g/mol. The molecule has 1 aliphatic carbocycles. The van der Waals surface area contributed by atoms with Crippen LogP contribution in [-0.2, 0) is 4.79 Å². The maximum absolute atomic E-state index is 11.8. The second-order valence-corrected chi connectivity index (χ2v) is 5.89. The van der Waals surface area contributed by atoms with Crippen molar-refractivity contribution in [2.24, 2.45) is 23.5 Å². The van der Waals surface area contributed by atoms with Gasteiger partial charge in [0.05, 0.1) is 6.04 Å². The van der Waals surface area contributed by atoms with Gasteiger partial charge in [0.15, 0.2) is 0 Å². The standard InChI is InChI=1S/C13H26N2O/c1-8(2)12(14)13(16)15-11-6-9(3)5-10(4)7-11/h8-12H,5-7,14H2,1-4H3,(H,15,16). The number of rotatable bonds is 3. The lowest BCUT2D eigenvalue weighted by Crippen LogP contribution is -2.49. The molecular weight excluding hydrogens is 200 g/mol. The predicted octanol–water partition coefficient (Wildman–Crippen LogP) is 1.91. The molecule has 3 unspecified atom stereocenters. The quantitative estimate of drug-likeness (QED) is 0.772. The van der Waals surface area contributed by atoms with Gasteiger partial charge in [-0.2, -0.15) is 0 Å². The summed E-state index contributed by atoms with van der Waals surface area (Å²) in [5.41, 5.74) is 5.83. The summed E-state index contributed by atoms with van der Waals surface area (Å²) >= 11 is 0. The van der Waals surface area contributed by atoms with Gasteiger partial charge in [0, 0.05) is 6.04 Å². The first kappa shape index (κ1) is 13.5. The third-order valence-electron chi connectivity index (χ3n) is 3.55. The maximum atomic E-state index is 11.8. The average Bonchev–Trinajstić information content (AvgIpc) is 2.14. The fourth-order valence-electron chi connectivity index (χ4n) is 2.66. The van der Waals surface area contributed by atoms with E-state index in [1.165, 1.54) is 6.42 Å². The number of nitrogens with two attached hydrogens (primary N) is 1. The molecule has 0 aromatic rings. The molecule has 1 rings (SSSR count). The van der Waals surface area contributed by atoms with Crippen LogP contribution in [0.3, 0.4) is 0 Å². The van der Waals surface area contributed by atoms with Gasteiger partial charge in [0.2, 0.25) is 5.91 Å². The molecule has 0 aromatic heterocycles. The molecule has 3 heteroatoms. The largest absolute Gasteiger partial charge is 0.352 e. The molecule has 0 spiro atoms. The minimum atomic E-state index is -0.368. The van der Waals surface area contributed by atoms with Crippen molar-refractivity contribution < 1.29 is 4.79 Å². The van der Waals surface area contributed by atoms with Crippen LogP contribution >= 0.6 is 0 Å². The fourth-order valence-corrected chi connectivity index (χ4v) is 2.66. The van der Waals surface area contributed by atoms with E-state index in [1.807, 2.05) is 13.8 Å². The minimum absolute atomic E-state index is 0.0151. The van der Waals surface area contributed by atoms with E-state index in [-0.39, 0.29) is 17.9 Å². The molecule has 0 aromatic carbocycles. The number of carbonyl (C=O) groups excluding carboxylic acids is 1. The summed E-state index contributed by atoms with van der Waals surface area (Å²) in [6.45, 7) is 8.49. The first-order valence-electron chi connectivity index (χ1n) is 6.46. The molecule has 0 heterocycles. The zero-order valence-corrected chi connectivity index (χ0v) is 11.0. The van der Waals surface area contributed by atoms with Crippen LogP contribution in [0, 0.1) is 17.8 Å². The molecule has 16 heavy (non-hydrogen) atoms. The Labute approximate surface area is 99.2 Å². The van der Waals surface area contributed by atoms with E-state index in [0.717, 1.165) is 12.8 Å². The summed E-state index contributed by atoms with van der Waals surface area (Å²) in [7, 11) is 0. The van der Waals surface area contributed by atoms with Gasteiger partial charge in [-0.05, 0) is 37.0 Å². The van der Waals surface area contributed by atoms with Gasteiger partial charge in [-0.1, -0.05) is 27.7 Å². The van der Waals surface area contributed by atoms with Crippen molar-refractivity contribution >= 4 is 5.91 Å². The van der Waals surface area contributed by atoms with Crippen molar-refractivity contribution in [2.75, 3.05) is 0 Å². The first-order valence-corrected chi connectivity index (χ1v) is 6.46. The molecule has 3 atom stereocenters. The molecule has 3 N–H and O–H groups in total. The maximum Gasteiger partial charge on any atom is 0.237 e. The number of hydrogen-bond acceptors (Lipinski definition) is 2. The highest BCUT2D eigenvalue weighted by molar-refractivity contribution is 5.82. The molecule has 94 valence electrons. The normalized spacial score (nSPS) is 32.5. The summed E-state index contributed by atoms with van der Waals surface area (Å²) in [4.78, 5) is 11.8. The lowest BCUT2D eigenvalue weighted by molar-refractivity contribution is -0.124. The van der Waals surface area contributed by atoms with Gasteiger partial charge >= 0.3 is 0 Å². The van der Waals surface area contributed by atoms with Gasteiger partial charge in [-0.3, -0.25) is 4.79 Å². The molecule has 0 bridgehead atoms. The number of amides is 1. The van der Waals surface area contributed by atoms with Gasteiger partial charge < -0.3 is 11.1 Å². The van der Waals surface area contributed by atoms with Crippen LogP contribution in [0.5, 0.6) is 0 Å². The molecular formula is C13H26N2O. The molecule has 3 nitrogen and oxygen atoms in total. The van der Waals surface area contributed by atoms with E-state index in [1.54, 1.807) is 0 Å². The van der Waals surface area contributed by atoms with E-state index in [4.69, 9.17) is 5.73 Å². The summed E-state index contributed by atoms with van der Waals surface area (Å²) < 4.78 is 0. The molecule has 1 amide bonds. The zero-order valence-electron chi connectivity index (χ0n) is 11.0. The van der Waals surface area contributed by atoms with Crippen LogP contribution in [0.2, 0.25) is 0 Å². The third-order valence-corrected chi connectivity index (χ3v) is 3.55. The minimum Gasteiger partial charge on any atom is -0.352 e. The topological polar surface area (TPSA) is 55.1 Å². The Morgan fingerprint density at radius 1 is 1.19 bits per heavy atom. The van der Waals surface area contributed by atoms with E-state index >= 15 is 0 Å². The third kappa shape index (κ3) is 3.78. The Bertz CT molecular complexity index is 230. The van der Waals surface area contributed by atoms with Crippen molar-refractivity contribution in [3.05, 3.63) is 0 Å².